The first-order valence-corrected chi connectivity index (χ1v) is 12.8. The molecule has 0 heterocycles. The number of halogens is 2. The molecular weight excluding hydrogens is 378 g/mol. The van der Waals surface area contributed by atoms with Gasteiger partial charge in [0.25, 0.3) is 0 Å². The van der Waals surface area contributed by atoms with Crippen LogP contribution in [-0.2, 0) is 0 Å². The van der Waals surface area contributed by atoms with Crippen molar-refractivity contribution in [3.8, 4) is 5.75 Å². The second-order valence-corrected chi connectivity index (χ2v) is 9.32. The van der Waals surface area contributed by atoms with Crippen LogP contribution in [0.4, 0.5) is 8.78 Å². The summed E-state index contributed by atoms with van der Waals surface area (Å²) in [6.45, 7) is 4.91. The predicted octanol–water partition coefficient (Wildman–Crippen LogP) is 9.34. The van der Waals surface area contributed by atoms with Crippen LogP contribution in [0.3, 0.4) is 0 Å². The van der Waals surface area contributed by atoms with Crippen LogP contribution in [-0.4, -0.2) is 6.61 Å². The molecule has 0 bridgehead atoms. The van der Waals surface area contributed by atoms with E-state index in [-0.39, 0.29) is 11.7 Å². The first-order chi connectivity index (χ1) is 14.7. The molecule has 0 amide bonds. The summed E-state index contributed by atoms with van der Waals surface area (Å²) in [5.74, 6) is -0.472. The Kier molecular flexibility index (Phi) is 12.4. The van der Waals surface area contributed by atoms with Crippen molar-refractivity contribution < 1.29 is 13.5 Å². The minimum atomic E-state index is -0.795. The zero-order valence-electron chi connectivity index (χ0n) is 19.5. The van der Waals surface area contributed by atoms with Gasteiger partial charge in [-0.2, -0.15) is 4.39 Å². The fraction of sp³-hybridized carbons (Fsp3) is 0.778. The van der Waals surface area contributed by atoms with E-state index in [9.17, 15) is 8.78 Å². The highest BCUT2D eigenvalue weighted by Gasteiger charge is 2.26. The molecule has 1 aromatic carbocycles. The predicted molar refractivity (Wildman–Crippen MR) is 123 cm³/mol. The Morgan fingerprint density at radius 1 is 0.733 bits per heavy atom. The summed E-state index contributed by atoms with van der Waals surface area (Å²) in [6.07, 6.45) is 19.1. The fourth-order valence-electron chi connectivity index (χ4n) is 4.84. The van der Waals surface area contributed by atoms with Crippen molar-refractivity contribution >= 4 is 0 Å². The number of benzene rings is 1. The lowest BCUT2D eigenvalue weighted by Crippen LogP contribution is -2.15. The maximum atomic E-state index is 14.7. The van der Waals surface area contributed by atoms with E-state index in [1.165, 1.54) is 64.2 Å². The van der Waals surface area contributed by atoms with Gasteiger partial charge in [0.2, 0.25) is 5.82 Å². The monoisotopic (exact) mass is 422 g/mol. The molecule has 0 aromatic heterocycles. The Labute approximate surface area is 184 Å². The van der Waals surface area contributed by atoms with Crippen LogP contribution in [0.25, 0.3) is 0 Å². The first kappa shape index (κ1) is 25.1. The number of hydrogen-bond acceptors (Lipinski definition) is 1. The minimum absolute atomic E-state index is 0.0746. The molecule has 0 unspecified atom stereocenters. The fourth-order valence-corrected chi connectivity index (χ4v) is 4.84. The van der Waals surface area contributed by atoms with E-state index in [4.69, 9.17) is 4.74 Å². The third-order valence-electron chi connectivity index (χ3n) is 6.83. The summed E-state index contributed by atoms with van der Waals surface area (Å²) >= 11 is 0. The van der Waals surface area contributed by atoms with Crippen LogP contribution in [0, 0.1) is 17.6 Å². The number of hydrogen-bond donors (Lipinski definition) is 0. The number of ether oxygens (including phenoxy) is 1. The van der Waals surface area contributed by atoms with Crippen molar-refractivity contribution in [3.05, 3.63) is 29.3 Å². The van der Waals surface area contributed by atoms with E-state index in [1.807, 2.05) is 0 Å². The van der Waals surface area contributed by atoms with E-state index in [2.05, 4.69) is 13.8 Å². The van der Waals surface area contributed by atoms with Crippen molar-refractivity contribution in [2.45, 2.75) is 122 Å². The zero-order valence-corrected chi connectivity index (χ0v) is 19.5. The van der Waals surface area contributed by atoms with E-state index in [0.29, 0.717) is 12.2 Å². The molecule has 30 heavy (non-hydrogen) atoms. The molecule has 0 spiro atoms. The molecule has 172 valence electrons. The maximum Gasteiger partial charge on any atom is 0.200 e. The maximum absolute atomic E-state index is 14.7. The lowest BCUT2D eigenvalue weighted by molar-refractivity contribution is 0.279. The quantitative estimate of drug-likeness (QED) is 0.256. The summed E-state index contributed by atoms with van der Waals surface area (Å²) in [5.41, 5.74) is 0.556. The molecule has 1 aromatic rings. The van der Waals surface area contributed by atoms with Gasteiger partial charge in [-0.25, -0.2) is 4.39 Å². The van der Waals surface area contributed by atoms with Crippen LogP contribution >= 0.6 is 0 Å². The van der Waals surface area contributed by atoms with Gasteiger partial charge < -0.3 is 4.74 Å². The third kappa shape index (κ3) is 8.55. The molecule has 0 aliphatic heterocycles. The normalized spacial score (nSPS) is 19.2. The topological polar surface area (TPSA) is 9.23 Å². The highest BCUT2D eigenvalue weighted by Crippen LogP contribution is 2.40. The van der Waals surface area contributed by atoms with Gasteiger partial charge in [-0.15, -0.1) is 0 Å². The largest absolute Gasteiger partial charge is 0.490 e. The van der Waals surface area contributed by atoms with Gasteiger partial charge in [0, 0.05) is 0 Å². The Balaban J connectivity index is 1.73. The molecular formula is C27H44F2O. The summed E-state index contributed by atoms with van der Waals surface area (Å²) < 4.78 is 34.8. The summed E-state index contributed by atoms with van der Waals surface area (Å²) in [5, 5.41) is 0. The standard InChI is InChI=1S/C27H44F2O/c1-3-5-7-9-11-13-21-30-25-20-19-24(26(28)27(25)29)23-17-15-22(16-18-23)14-12-10-8-6-4-2/h19-20,22-23H,3-18,21H2,1-2H3. The van der Waals surface area contributed by atoms with Gasteiger partial charge in [0.15, 0.2) is 11.6 Å². The third-order valence-corrected chi connectivity index (χ3v) is 6.83. The van der Waals surface area contributed by atoms with Gasteiger partial charge in [-0.3, -0.25) is 0 Å². The van der Waals surface area contributed by atoms with E-state index in [1.54, 1.807) is 12.1 Å². The van der Waals surface area contributed by atoms with E-state index >= 15 is 0 Å². The molecule has 1 aliphatic carbocycles. The van der Waals surface area contributed by atoms with Gasteiger partial charge in [-0.1, -0.05) is 90.5 Å². The summed E-state index contributed by atoms with van der Waals surface area (Å²) in [7, 11) is 0. The second kappa shape index (κ2) is 14.8. The summed E-state index contributed by atoms with van der Waals surface area (Å²) in [4.78, 5) is 0. The summed E-state index contributed by atoms with van der Waals surface area (Å²) in [6, 6.07) is 3.41. The smallest absolute Gasteiger partial charge is 0.200 e. The molecule has 3 heteroatoms. The van der Waals surface area contributed by atoms with Crippen LogP contribution in [0.2, 0.25) is 0 Å². The van der Waals surface area contributed by atoms with Gasteiger partial charge in [0.1, 0.15) is 0 Å². The Morgan fingerprint density at radius 3 is 2.00 bits per heavy atom. The highest BCUT2D eigenvalue weighted by molar-refractivity contribution is 5.33. The molecule has 1 aliphatic rings. The van der Waals surface area contributed by atoms with Crippen LogP contribution in [0.5, 0.6) is 5.75 Å². The molecule has 1 saturated carbocycles. The molecule has 1 fully saturated rings. The molecule has 0 saturated heterocycles. The van der Waals surface area contributed by atoms with Gasteiger partial charge >= 0.3 is 0 Å². The molecule has 2 rings (SSSR count). The molecule has 0 atom stereocenters. The average molecular weight is 423 g/mol. The van der Waals surface area contributed by atoms with Crippen molar-refractivity contribution in [3.63, 3.8) is 0 Å². The van der Waals surface area contributed by atoms with Crippen LogP contribution in [0.15, 0.2) is 12.1 Å². The average Bonchev–Trinajstić information content (AvgIpc) is 2.76. The molecule has 0 radical (unpaired) electrons. The van der Waals surface area contributed by atoms with Crippen LogP contribution < -0.4 is 4.74 Å². The van der Waals surface area contributed by atoms with E-state index < -0.39 is 11.6 Å². The van der Waals surface area contributed by atoms with Crippen molar-refractivity contribution in [2.24, 2.45) is 5.92 Å². The lowest BCUT2D eigenvalue weighted by atomic mass is 9.77. The molecule has 1 nitrogen and oxygen atoms in total. The van der Waals surface area contributed by atoms with Crippen molar-refractivity contribution in [2.75, 3.05) is 6.61 Å². The second-order valence-electron chi connectivity index (χ2n) is 9.32. The SMILES string of the molecule is CCCCCCCCOc1ccc(C2CCC(CCCCCCC)CC2)c(F)c1F. The zero-order chi connectivity index (χ0) is 21.6. The van der Waals surface area contributed by atoms with E-state index in [0.717, 1.165) is 44.4 Å². The highest BCUT2D eigenvalue weighted by atomic mass is 19.2. The number of unbranched alkanes of at least 4 members (excludes halogenated alkanes) is 9. The molecule has 0 N–H and O–H groups in total. The van der Waals surface area contributed by atoms with Crippen LogP contribution in [0.1, 0.15) is 128 Å². The van der Waals surface area contributed by atoms with Gasteiger partial charge in [0.05, 0.1) is 6.61 Å². The minimum Gasteiger partial charge on any atom is -0.490 e. The Morgan fingerprint density at radius 2 is 1.33 bits per heavy atom. The number of rotatable bonds is 15. The Hall–Kier alpha value is -1.12. The van der Waals surface area contributed by atoms with Crippen molar-refractivity contribution in [1.29, 1.82) is 0 Å². The van der Waals surface area contributed by atoms with Crippen molar-refractivity contribution in [1.82, 2.24) is 0 Å². The Bertz CT molecular complexity index is 578. The lowest BCUT2D eigenvalue weighted by Gasteiger charge is -2.29. The van der Waals surface area contributed by atoms with Gasteiger partial charge in [-0.05, 0) is 55.6 Å². The first-order valence-electron chi connectivity index (χ1n) is 12.8.